The standard InChI is InChI=1S/C14H22N4O2/c1-11(13(19)20-3)12(2)17-7-9-18(10-8-17)14-15-5-4-6-16-14/h4-6,11-12H,7-10H2,1-3H3. The molecule has 0 N–H and O–H groups in total. The van der Waals surface area contributed by atoms with Gasteiger partial charge in [-0.3, -0.25) is 9.69 Å². The lowest BCUT2D eigenvalue weighted by Gasteiger charge is -2.39. The Labute approximate surface area is 119 Å². The number of ether oxygens (including phenoxy) is 1. The Morgan fingerprint density at radius 1 is 1.20 bits per heavy atom. The van der Waals surface area contributed by atoms with E-state index < -0.39 is 0 Å². The van der Waals surface area contributed by atoms with Crippen molar-refractivity contribution in [3.05, 3.63) is 18.5 Å². The lowest BCUT2D eigenvalue weighted by atomic mass is 10.0. The summed E-state index contributed by atoms with van der Waals surface area (Å²) < 4.78 is 4.82. The first-order valence-electron chi connectivity index (χ1n) is 6.97. The van der Waals surface area contributed by atoms with Crippen LogP contribution < -0.4 is 4.90 Å². The van der Waals surface area contributed by atoms with Crippen LogP contribution in [0.4, 0.5) is 5.95 Å². The number of aromatic nitrogens is 2. The number of esters is 1. The minimum Gasteiger partial charge on any atom is -0.469 e. The van der Waals surface area contributed by atoms with Gasteiger partial charge in [-0.05, 0) is 13.0 Å². The molecule has 0 amide bonds. The summed E-state index contributed by atoms with van der Waals surface area (Å²) in [6, 6.07) is 2.00. The van der Waals surface area contributed by atoms with Crippen LogP contribution in [0.1, 0.15) is 13.8 Å². The molecular weight excluding hydrogens is 256 g/mol. The zero-order valence-corrected chi connectivity index (χ0v) is 12.3. The Bertz CT molecular complexity index is 432. The van der Waals surface area contributed by atoms with Crippen LogP contribution in [0.5, 0.6) is 0 Å². The number of hydrogen-bond donors (Lipinski definition) is 0. The number of rotatable bonds is 4. The van der Waals surface area contributed by atoms with Gasteiger partial charge in [0.2, 0.25) is 5.95 Å². The first-order chi connectivity index (χ1) is 9.63. The van der Waals surface area contributed by atoms with Crippen molar-refractivity contribution in [3.8, 4) is 0 Å². The molecule has 0 spiro atoms. The van der Waals surface area contributed by atoms with Gasteiger partial charge < -0.3 is 9.64 Å². The summed E-state index contributed by atoms with van der Waals surface area (Å²) in [5, 5.41) is 0. The maximum atomic E-state index is 11.6. The van der Waals surface area contributed by atoms with Gasteiger partial charge in [0, 0.05) is 44.6 Å². The third-order valence-electron chi connectivity index (χ3n) is 4.02. The van der Waals surface area contributed by atoms with Gasteiger partial charge in [-0.1, -0.05) is 6.92 Å². The van der Waals surface area contributed by atoms with Gasteiger partial charge in [-0.2, -0.15) is 0 Å². The second-order valence-electron chi connectivity index (χ2n) is 5.12. The van der Waals surface area contributed by atoms with Crippen LogP contribution in [0.3, 0.4) is 0 Å². The van der Waals surface area contributed by atoms with E-state index in [-0.39, 0.29) is 17.9 Å². The van der Waals surface area contributed by atoms with Crippen LogP contribution >= 0.6 is 0 Å². The maximum absolute atomic E-state index is 11.6. The monoisotopic (exact) mass is 278 g/mol. The van der Waals surface area contributed by atoms with Gasteiger partial charge in [0.05, 0.1) is 13.0 Å². The van der Waals surface area contributed by atoms with Crippen molar-refractivity contribution in [2.24, 2.45) is 5.92 Å². The molecule has 0 saturated carbocycles. The molecule has 0 aliphatic carbocycles. The van der Waals surface area contributed by atoms with Crippen molar-refractivity contribution in [1.82, 2.24) is 14.9 Å². The van der Waals surface area contributed by atoms with E-state index >= 15 is 0 Å². The molecule has 20 heavy (non-hydrogen) atoms. The Hall–Kier alpha value is -1.69. The second-order valence-corrected chi connectivity index (χ2v) is 5.12. The lowest BCUT2D eigenvalue weighted by Crippen LogP contribution is -2.52. The molecule has 6 nitrogen and oxygen atoms in total. The van der Waals surface area contributed by atoms with E-state index in [1.165, 1.54) is 7.11 Å². The molecule has 2 unspecified atom stereocenters. The van der Waals surface area contributed by atoms with E-state index in [0.717, 1.165) is 32.1 Å². The van der Waals surface area contributed by atoms with Crippen molar-refractivity contribution in [2.75, 3.05) is 38.2 Å². The average molecular weight is 278 g/mol. The van der Waals surface area contributed by atoms with Crippen LogP contribution in [0.25, 0.3) is 0 Å². The number of methoxy groups -OCH3 is 1. The molecule has 1 aliphatic heterocycles. The number of piperazine rings is 1. The van der Waals surface area contributed by atoms with Gasteiger partial charge >= 0.3 is 5.97 Å². The fourth-order valence-electron chi connectivity index (χ4n) is 2.48. The number of hydrogen-bond acceptors (Lipinski definition) is 6. The van der Waals surface area contributed by atoms with E-state index in [1.54, 1.807) is 12.4 Å². The quantitative estimate of drug-likeness (QED) is 0.759. The van der Waals surface area contributed by atoms with Crippen molar-refractivity contribution in [3.63, 3.8) is 0 Å². The van der Waals surface area contributed by atoms with Crippen molar-refractivity contribution in [1.29, 1.82) is 0 Å². The van der Waals surface area contributed by atoms with Crippen LogP contribution in [0.15, 0.2) is 18.5 Å². The molecule has 6 heteroatoms. The van der Waals surface area contributed by atoms with E-state index in [9.17, 15) is 4.79 Å². The lowest BCUT2D eigenvalue weighted by molar-refractivity contribution is -0.147. The molecule has 2 atom stereocenters. The van der Waals surface area contributed by atoms with Crippen molar-refractivity contribution in [2.45, 2.75) is 19.9 Å². The third kappa shape index (κ3) is 3.25. The van der Waals surface area contributed by atoms with Gasteiger partial charge in [-0.25, -0.2) is 9.97 Å². The van der Waals surface area contributed by atoms with E-state index in [2.05, 4.69) is 26.7 Å². The maximum Gasteiger partial charge on any atom is 0.309 e. The summed E-state index contributed by atoms with van der Waals surface area (Å²) in [4.78, 5) is 24.6. The second kappa shape index (κ2) is 6.65. The topological polar surface area (TPSA) is 58.6 Å². The van der Waals surface area contributed by atoms with Crippen molar-refractivity contribution >= 4 is 11.9 Å². The third-order valence-corrected chi connectivity index (χ3v) is 4.02. The summed E-state index contributed by atoms with van der Waals surface area (Å²) in [6.07, 6.45) is 3.52. The first-order valence-corrected chi connectivity index (χ1v) is 6.97. The van der Waals surface area contributed by atoms with Crippen LogP contribution in [0, 0.1) is 5.92 Å². The molecule has 2 rings (SSSR count). The highest BCUT2D eigenvalue weighted by Gasteiger charge is 2.29. The minimum absolute atomic E-state index is 0.112. The Morgan fingerprint density at radius 2 is 1.80 bits per heavy atom. The Balaban J connectivity index is 1.89. The zero-order chi connectivity index (χ0) is 14.5. The van der Waals surface area contributed by atoms with E-state index in [0.29, 0.717) is 0 Å². The summed E-state index contributed by atoms with van der Waals surface area (Å²) in [7, 11) is 1.44. The summed E-state index contributed by atoms with van der Waals surface area (Å²) in [5.74, 6) is 0.520. The fraction of sp³-hybridized carbons (Fsp3) is 0.643. The highest BCUT2D eigenvalue weighted by atomic mass is 16.5. The molecule has 0 radical (unpaired) electrons. The number of anilines is 1. The molecule has 0 bridgehead atoms. The predicted octanol–water partition coefficient (Wildman–Crippen LogP) is 0.796. The fourth-order valence-corrected chi connectivity index (χ4v) is 2.48. The smallest absolute Gasteiger partial charge is 0.309 e. The molecule has 1 aromatic heterocycles. The average Bonchev–Trinajstić information content (AvgIpc) is 2.53. The van der Waals surface area contributed by atoms with Crippen LogP contribution in [-0.4, -0.2) is 60.2 Å². The van der Waals surface area contributed by atoms with Gasteiger partial charge in [0.1, 0.15) is 0 Å². The van der Waals surface area contributed by atoms with Crippen LogP contribution in [0.2, 0.25) is 0 Å². The van der Waals surface area contributed by atoms with Crippen molar-refractivity contribution < 1.29 is 9.53 Å². The highest BCUT2D eigenvalue weighted by molar-refractivity contribution is 5.72. The number of nitrogens with zero attached hydrogens (tertiary/aromatic N) is 4. The summed E-state index contributed by atoms with van der Waals surface area (Å²) in [6.45, 7) is 7.56. The SMILES string of the molecule is COC(=O)C(C)C(C)N1CCN(c2ncccn2)CC1. The molecular formula is C14H22N4O2. The molecule has 110 valence electrons. The Morgan fingerprint density at radius 3 is 2.35 bits per heavy atom. The van der Waals surface area contributed by atoms with E-state index in [4.69, 9.17) is 4.74 Å². The number of carbonyl (C=O) groups excluding carboxylic acids is 1. The van der Waals surface area contributed by atoms with Gasteiger partial charge in [-0.15, -0.1) is 0 Å². The molecule has 1 fully saturated rings. The molecule has 0 aromatic carbocycles. The molecule has 1 aromatic rings. The first kappa shape index (κ1) is 14.7. The minimum atomic E-state index is -0.147. The van der Waals surface area contributed by atoms with E-state index in [1.807, 2.05) is 13.0 Å². The highest BCUT2D eigenvalue weighted by Crippen LogP contribution is 2.16. The normalized spacial score (nSPS) is 19.4. The molecule has 2 heterocycles. The molecule has 1 aliphatic rings. The van der Waals surface area contributed by atoms with Crippen LogP contribution in [-0.2, 0) is 9.53 Å². The number of carbonyl (C=O) groups is 1. The predicted molar refractivity (Wildman–Crippen MR) is 76.5 cm³/mol. The summed E-state index contributed by atoms with van der Waals surface area (Å²) >= 11 is 0. The summed E-state index contributed by atoms with van der Waals surface area (Å²) in [5.41, 5.74) is 0. The Kier molecular flexibility index (Phi) is 4.89. The van der Waals surface area contributed by atoms with Gasteiger partial charge in [0.25, 0.3) is 0 Å². The van der Waals surface area contributed by atoms with Gasteiger partial charge in [0.15, 0.2) is 0 Å². The zero-order valence-electron chi connectivity index (χ0n) is 12.3. The molecule has 1 saturated heterocycles. The largest absolute Gasteiger partial charge is 0.469 e.